The van der Waals surface area contributed by atoms with E-state index < -0.39 is 27.5 Å². The van der Waals surface area contributed by atoms with Gasteiger partial charge in [-0.05, 0) is 30.7 Å². The molecule has 29 heavy (non-hydrogen) atoms. The van der Waals surface area contributed by atoms with Crippen LogP contribution in [0.25, 0.3) is 0 Å². The van der Waals surface area contributed by atoms with E-state index in [0.717, 1.165) is 31.4 Å². The highest BCUT2D eigenvalue weighted by atomic mass is 32.2. The van der Waals surface area contributed by atoms with Crippen LogP contribution in [0.4, 0.5) is 19.3 Å². The summed E-state index contributed by atoms with van der Waals surface area (Å²) >= 11 is 0. The molecule has 1 aliphatic heterocycles. The van der Waals surface area contributed by atoms with E-state index in [0.29, 0.717) is 31.4 Å². The summed E-state index contributed by atoms with van der Waals surface area (Å²) in [5.74, 6) is -2.34. The number of carbonyl (C=O) groups excluding carboxylic acids is 1. The van der Waals surface area contributed by atoms with Crippen LogP contribution in [-0.2, 0) is 10.1 Å². The van der Waals surface area contributed by atoms with E-state index >= 15 is 0 Å². The van der Waals surface area contributed by atoms with Gasteiger partial charge in [0.2, 0.25) is 0 Å². The number of halogens is 2. The quantitative estimate of drug-likeness (QED) is 0.471. The van der Waals surface area contributed by atoms with Gasteiger partial charge in [-0.1, -0.05) is 19.8 Å². The van der Waals surface area contributed by atoms with Gasteiger partial charge in [0.25, 0.3) is 0 Å². The molecule has 0 bridgehead atoms. The normalized spacial score (nSPS) is 14.5. The number of urea groups is 1. The molecule has 1 saturated heterocycles. The van der Waals surface area contributed by atoms with E-state index in [-0.39, 0.29) is 10.9 Å². The number of nitrogens with zero attached hydrogens (tertiary/aromatic N) is 2. The highest BCUT2D eigenvalue weighted by Gasteiger charge is 2.29. The molecule has 6 nitrogen and oxygen atoms in total. The summed E-state index contributed by atoms with van der Waals surface area (Å²) in [7, 11) is -4.27. The molecule has 2 amide bonds. The van der Waals surface area contributed by atoms with Crippen LogP contribution in [0, 0.1) is 11.6 Å². The number of anilines is 1. The van der Waals surface area contributed by atoms with Crippen molar-refractivity contribution >= 4 is 21.8 Å². The molecule has 156 valence electrons. The first-order valence-corrected chi connectivity index (χ1v) is 10.8. The number of hydrogen-bond donors (Lipinski definition) is 0. The minimum atomic E-state index is -4.27. The Kier molecular flexibility index (Phi) is 6.36. The minimum absolute atomic E-state index is 0.108. The largest absolute Gasteiger partial charge is 0.379 e. The van der Waals surface area contributed by atoms with Gasteiger partial charge in [0.05, 0.1) is 0 Å². The Morgan fingerprint density at radius 3 is 2.28 bits per heavy atom. The van der Waals surface area contributed by atoms with Crippen molar-refractivity contribution in [2.45, 2.75) is 31.1 Å². The van der Waals surface area contributed by atoms with Crippen molar-refractivity contribution in [3.8, 4) is 5.75 Å². The van der Waals surface area contributed by atoms with Crippen molar-refractivity contribution in [2.24, 2.45) is 0 Å². The highest BCUT2D eigenvalue weighted by molar-refractivity contribution is 7.87. The Morgan fingerprint density at radius 2 is 1.66 bits per heavy atom. The van der Waals surface area contributed by atoms with Gasteiger partial charge in [0, 0.05) is 43.5 Å². The van der Waals surface area contributed by atoms with Crippen LogP contribution in [0.3, 0.4) is 0 Å². The van der Waals surface area contributed by atoms with Crippen LogP contribution in [0.1, 0.15) is 26.2 Å². The van der Waals surface area contributed by atoms with Crippen LogP contribution in [0.15, 0.2) is 47.4 Å². The maximum atomic E-state index is 13.2. The molecule has 0 N–H and O–H groups in total. The highest BCUT2D eigenvalue weighted by Crippen LogP contribution is 2.25. The molecule has 9 heteroatoms. The molecule has 1 heterocycles. The molecule has 0 saturated carbocycles. The predicted molar refractivity (Wildman–Crippen MR) is 104 cm³/mol. The SMILES string of the molecule is CCCCCN1CCN(c2ccc(S(=O)(=O)Oc3cc(F)cc(F)c3)cc2)C1=O. The van der Waals surface area contributed by atoms with Crippen LogP contribution in [0.2, 0.25) is 0 Å². The number of hydrogen-bond acceptors (Lipinski definition) is 4. The lowest BCUT2D eigenvalue weighted by Crippen LogP contribution is -2.32. The van der Waals surface area contributed by atoms with Crippen LogP contribution in [0.5, 0.6) is 5.75 Å². The number of amides is 2. The van der Waals surface area contributed by atoms with Gasteiger partial charge in [0.1, 0.15) is 22.3 Å². The monoisotopic (exact) mass is 424 g/mol. The third kappa shape index (κ3) is 5.03. The summed E-state index contributed by atoms with van der Waals surface area (Å²) < 4.78 is 56.0. The first-order chi connectivity index (χ1) is 13.8. The smallest absolute Gasteiger partial charge is 0.339 e. The fourth-order valence-corrected chi connectivity index (χ4v) is 4.04. The Hall–Kier alpha value is -2.68. The number of carbonyl (C=O) groups is 1. The molecule has 2 aromatic rings. The van der Waals surface area contributed by atoms with Gasteiger partial charge < -0.3 is 9.08 Å². The topological polar surface area (TPSA) is 66.9 Å². The number of unbranched alkanes of at least 4 members (excludes halogenated alkanes) is 2. The predicted octanol–water partition coefficient (Wildman–Crippen LogP) is 4.16. The van der Waals surface area contributed by atoms with E-state index in [1.165, 1.54) is 24.3 Å². The van der Waals surface area contributed by atoms with Crippen molar-refractivity contribution in [1.82, 2.24) is 4.90 Å². The number of rotatable bonds is 8. The van der Waals surface area contributed by atoms with E-state index in [4.69, 9.17) is 4.18 Å². The second-order valence-electron chi connectivity index (χ2n) is 6.76. The van der Waals surface area contributed by atoms with Gasteiger partial charge in [-0.2, -0.15) is 8.42 Å². The van der Waals surface area contributed by atoms with Crippen molar-refractivity contribution in [2.75, 3.05) is 24.5 Å². The van der Waals surface area contributed by atoms with Crippen LogP contribution >= 0.6 is 0 Å². The minimum Gasteiger partial charge on any atom is -0.379 e. The summed E-state index contributed by atoms with van der Waals surface area (Å²) in [5, 5.41) is 0. The van der Waals surface area contributed by atoms with E-state index in [2.05, 4.69) is 6.92 Å². The molecular weight excluding hydrogens is 402 g/mol. The second kappa shape index (κ2) is 8.77. The second-order valence-corrected chi connectivity index (χ2v) is 8.31. The van der Waals surface area contributed by atoms with E-state index in [9.17, 15) is 22.0 Å². The van der Waals surface area contributed by atoms with Gasteiger partial charge >= 0.3 is 16.1 Å². The molecule has 2 aromatic carbocycles. The van der Waals surface area contributed by atoms with Gasteiger partial charge in [-0.15, -0.1) is 0 Å². The summed E-state index contributed by atoms with van der Waals surface area (Å²) in [6.45, 7) is 3.95. The van der Waals surface area contributed by atoms with Gasteiger partial charge in [-0.25, -0.2) is 13.6 Å². The fraction of sp³-hybridized carbons (Fsp3) is 0.350. The lowest BCUT2D eigenvalue weighted by atomic mass is 10.2. The first kappa shape index (κ1) is 21.0. The summed E-state index contributed by atoms with van der Waals surface area (Å²) in [5.41, 5.74) is 0.573. The Bertz CT molecular complexity index is 960. The molecule has 0 radical (unpaired) electrons. The average molecular weight is 424 g/mol. The van der Waals surface area contributed by atoms with E-state index in [1.54, 1.807) is 9.80 Å². The van der Waals surface area contributed by atoms with Crippen molar-refractivity contribution in [1.29, 1.82) is 0 Å². The van der Waals surface area contributed by atoms with E-state index in [1.807, 2.05) is 0 Å². The molecule has 0 spiro atoms. The van der Waals surface area contributed by atoms with Crippen LogP contribution < -0.4 is 9.08 Å². The molecule has 0 atom stereocenters. The summed E-state index contributed by atoms with van der Waals surface area (Å²) in [6, 6.07) is 7.69. The molecular formula is C20H22F2N2O4S. The van der Waals surface area contributed by atoms with Crippen molar-refractivity contribution in [3.63, 3.8) is 0 Å². The molecule has 3 rings (SSSR count). The Balaban J connectivity index is 1.70. The standard InChI is InChI=1S/C20H22F2N2O4S/c1-2-3-4-9-23-10-11-24(20(23)25)17-5-7-19(8-6-17)29(26,27)28-18-13-15(21)12-16(22)14-18/h5-8,12-14H,2-4,9-11H2,1H3. The Labute approximate surface area is 168 Å². The summed E-state index contributed by atoms with van der Waals surface area (Å²) in [4.78, 5) is 15.7. The van der Waals surface area contributed by atoms with Gasteiger partial charge in [0.15, 0.2) is 0 Å². The molecule has 1 fully saturated rings. The Morgan fingerprint density at radius 1 is 1.00 bits per heavy atom. The zero-order valence-electron chi connectivity index (χ0n) is 16.0. The number of benzene rings is 2. The zero-order chi connectivity index (χ0) is 21.0. The van der Waals surface area contributed by atoms with Crippen molar-refractivity contribution in [3.05, 3.63) is 54.1 Å². The maximum absolute atomic E-state index is 13.2. The fourth-order valence-electron chi connectivity index (χ4n) is 3.13. The van der Waals surface area contributed by atoms with Gasteiger partial charge in [-0.3, -0.25) is 4.90 Å². The summed E-state index contributed by atoms with van der Waals surface area (Å²) in [6.07, 6.45) is 3.09. The molecule has 1 aliphatic rings. The maximum Gasteiger partial charge on any atom is 0.339 e. The lowest BCUT2D eigenvalue weighted by molar-refractivity contribution is 0.219. The lowest BCUT2D eigenvalue weighted by Gasteiger charge is -2.19. The third-order valence-corrected chi connectivity index (χ3v) is 5.87. The van der Waals surface area contributed by atoms with Crippen LogP contribution in [-0.4, -0.2) is 39.0 Å². The third-order valence-electron chi connectivity index (χ3n) is 4.61. The average Bonchev–Trinajstić information content (AvgIpc) is 3.01. The first-order valence-electron chi connectivity index (χ1n) is 9.37. The molecule has 0 aromatic heterocycles. The molecule has 0 unspecified atom stereocenters. The van der Waals surface area contributed by atoms with Crippen molar-refractivity contribution < 1.29 is 26.2 Å². The molecule has 0 aliphatic carbocycles. The zero-order valence-corrected chi connectivity index (χ0v) is 16.8.